The van der Waals surface area contributed by atoms with E-state index in [4.69, 9.17) is 0 Å². The topological polar surface area (TPSA) is 72.2 Å². The Morgan fingerprint density at radius 1 is 1.50 bits per heavy atom. The quantitative estimate of drug-likeness (QED) is 0.471. The van der Waals surface area contributed by atoms with Crippen molar-refractivity contribution >= 4 is 32.4 Å². The summed E-state index contributed by atoms with van der Waals surface area (Å²) in [6.45, 7) is 3.06. The average Bonchev–Trinajstić information content (AvgIpc) is 2.35. The van der Waals surface area contributed by atoms with Gasteiger partial charge >= 0.3 is 0 Å². The second-order valence-corrected chi connectivity index (χ2v) is 6.37. The summed E-state index contributed by atoms with van der Waals surface area (Å²) >= 11 is 3.14. The third-order valence-corrected chi connectivity index (χ3v) is 4.34. The highest BCUT2D eigenvalue weighted by Crippen LogP contribution is 2.25. The smallest absolute Gasteiger partial charge is 0.283 e. The van der Waals surface area contributed by atoms with E-state index in [1.165, 1.54) is 6.07 Å². The summed E-state index contributed by atoms with van der Waals surface area (Å²) in [6.07, 6.45) is 0. The molecule has 0 saturated carbocycles. The average molecular weight is 335 g/mol. The maximum absolute atomic E-state index is 11.2. The molecule has 0 saturated heterocycles. The Kier molecular flexibility index (Phi) is 6.45. The molecule has 100 valence electrons. The van der Waals surface area contributed by atoms with Gasteiger partial charge in [-0.2, -0.15) is 0 Å². The summed E-state index contributed by atoms with van der Waals surface area (Å²) in [6, 6.07) is 5.02. The molecular weight excluding hydrogens is 320 g/mol. The van der Waals surface area contributed by atoms with Crippen molar-refractivity contribution in [3.05, 3.63) is 38.3 Å². The van der Waals surface area contributed by atoms with E-state index < -0.39 is 15.7 Å². The van der Waals surface area contributed by atoms with E-state index in [0.717, 1.165) is 5.56 Å². The molecule has 1 rings (SSSR count). The predicted molar refractivity (Wildman–Crippen MR) is 76.1 cm³/mol. The summed E-state index contributed by atoms with van der Waals surface area (Å²) in [4.78, 5) is 10.3. The molecule has 7 heteroatoms. The second kappa shape index (κ2) is 7.60. The summed E-state index contributed by atoms with van der Waals surface area (Å²) < 4.78 is 11.7. The van der Waals surface area contributed by atoms with Crippen molar-refractivity contribution in [3.63, 3.8) is 0 Å². The van der Waals surface area contributed by atoms with Gasteiger partial charge in [-0.3, -0.25) is 14.3 Å². The number of halogens is 1. The molecular formula is C11H15BrN2O3S. The zero-order chi connectivity index (χ0) is 13.5. The lowest BCUT2D eigenvalue weighted by molar-refractivity contribution is -0.385. The molecule has 1 aromatic rings. The van der Waals surface area contributed by atoms with Crippen molar-refractivity contribution in [2.24, 2.45) is 0 Å². The standard InChI is InChI=1S/C11H15BrN2O3S/c1-2-18(17)6-5-13-8-9-3-4-10(12)11(7-9)14(15)16/h3-4,7,13H,2,5-6,8H2,1H3. The van der Waals surface area contributed by atoms with Crippen LogP contribution in [0.2, 0.25) is 0 Å². The van der Waals surface area contributed by atoms with Crippen LogP contribution in [0.25, 0.3) is 0 Å². The summed E-state index contributed by atoms with van der Waals surface area (Å²) in [5.41, 5.74) is 0.901. The molecule has 1 N–H and O–H groups in total. The third-order valence-electron chi connectivity index (χ3n) is 2.36. The van der Waals surface area contributed by atoms with Crippen LogP contribution in [0.3, 0.4) is 0 Å². The van der Waals surface area contributed by atoms with Gasteiger partial charge in [-0.1, -0.05) is 13.0 Å². The van der Waals surface area contributed by atoms with Crippen LogP contribution in [0.5, 0.6) is 0 Å². The minimum Gasteiger partial charge on any atom is -0.312 e. The fourth-order valence-electron chi connectivity index (χ4n) is 1.37. The number of nitrogens with zero attached hydrogens (tertiary/aromatic N) is 1. The molecule has 0 aromatic heterocycles. The van der Waals surface area contributed by atoms with Crippen molar-refractivity contribution in [2.45, 2.75) is 13.5 Å². The fraction of sp³-hybridized carbons (Fsp3) is 0.455. The van der Waals surface area contributed by atoms with E-state index >= 15 is 0 Å². The van der Waals surface area contributed by atoms with Crippen LogP contribution in [0.15, 0.2) is 22.7 Å². The Labute approximate surface area is 117 Å². The maximum Gasteiger partial charge on any atom is 0.283 e. The number of nitro benzene ring substituents is 1. The Morgan fingerprint density at radius 2 is 2.22 bits per heavy atom. The minimum atomic E-state index is -0.778. The molecule has 0 fully saturated rings. The first-order valence-electron chi connectivity index (χ1n) is 5.53. The lowest BCUT2D eigenvalue weighted by Gasteiger charge is -2.05. The van der Waals surface area contributed by atoms with Crippen molar-refractivity contribution in [1.29, 1.82) is 0 Å². The molecule has 5 nitrogen and oxygen atoms in total. The highest BCUT2D eigenvalue weighted by atomic mass is 79.9. The zero-order valence-electron chi connectivity index (χ0n) is 10.0. The van der Waals surface area contributed by atoms with E-state index in [1.54, 1.807) is 6.07 Å². The summed E-state index contributed by atoms with van der Waals surface area (Å²) in [5.74, 6) is 1.26. The van der Waals surface area contributed by atoms with Gasteiger partial charge in [0.1, 0.15) is 0 Å². The lowest BCUT2D eigenvalue weighted by atomic mass is 10.2. The number of hydrogen-bond donors (Lipinski definition) is 1. The lowest BCUT2D eigenvalue weighted by Crippen LogP contribution is -2.20. The van der Waals surface area contributed by atoms with Crippen LogP contribution in [0.1, 0.15) is 12.5 Å². The number of benzene rings is 1. The predicted octanol–water partition coefficient (Wildman–Crippen LogP) is 2.22. The van der Waals surface area contributed by atoms with Crippen molar-refractivity contribution in [1.82, 2.24) is 5.32 Å². The van der Waals surface area contributed by atoms with E-state index in [2.05, 4.69) is 21.2 Å². The molecule has 18 heavy (non-hydrogen) atoms. The number of rotatable bonds is 7. The van der Waals surface area contributed by atoms with Crippen molar-refractivity contribution in [2.75, 3.05) is 18.1 Å². The maximum atomic E-state index is 11.2. The Hall–Kier alpha value is -0.790. The number of hydrogen-bond acceptors (Lipinski definition) is 4. The number of nitrogens with one attached hydrogen (secondary N) is 1. The zero-order valence-corrected chi connectivity index (χ0v) is 12.4. The molecule has 0 aliphatic heterocycles. The fourth-order valence-corrected chi connectivity index (χ4v) is 2.42. The SMILES string of the molecule is CCS(=O)CCNCc1ccc(Br)c([N+](=O)[O-])c1. The highest BCUT2D eigenvalue weighted by Gasteiger charge is 2.11. The van der Waals surface area contributed by atoms with E-state index in [9.17, 15) is 14.3 Å². The molecule has 1 atom stereocenters. The monoisotopic (exact) mass is 334 g/mol. The number of nitro groups is 1. The first-order chi connectivity index (χ1) is 8.54. The second-order valence-electron chi connectivity index (χ2n) is 3.65. The van der Waals surface area contributed by atoms with Crippen LogP contribution in [-0.2, 0) is 17.3 Å². The normalized spacial score (nSPS) is 12.3. The molecule has 1 aromatic carbocycles. The molecule has 0 radical (unpaired) electrons. The molecule has 0 aliphatic carbocycles. The van der Waals surface area contributed by atoms with Gasteiger partial charge in [0.25, 0.3) is 5.69 Å². The Morgan fingerprint density at radius 3 is 2.83 bits per heavy atom. The van der Waals surface area contributed by atoms with Gasteiger partial charge in [0.15, 0.2) is 0 Å². The Bertz CT molecular complexity index is 454. The molecule has 0 aliphatic rings. The molecule has 0 heterocycles. The van der Waals surface area contributed by atoms with Crippen LogP contribution >= 0.6 is 15.9 Å². The van der Waals surface area contributed by atoms with Gasteiger partial charge < -0.3 is 5.32 Å². The molecule has 0 amide bonds. The summed E-state index contributed by atoms with van der Waals surface area (Å²) in [7, 11) is -0.778. The molecule has 0 bridgehead atoms. The van der Waals surface area contributed by atoms with E-state index in [0.29, 0.717) is 29.1 Å². The minimum absolute atomic E-state index is 0.0615. The van der Waals surface area contributed by atoms with Crippen molar-refractivity contribution < 1.29 is 9.13 Å². The van der Waals surface area contributed by atoms with Gasteiger partial charge in [0.2, 0.25) is 0 Å². The first-order valence-corrected chi connectivity index (χ1v) is 7.81. The largest absolute Gasteiger partial charge is 0.312 e. The van der Waals surface area contributed by atoms with Crippen LogP contribution in [0.4, 0.5) is 5.69 Å². The summed E-state index contributed by atoms with van der Waals surface area (Å²) in [5, 5.41) is 13.9. The van der Waals surface area contributed by atoms with Crippen molar-refractivity contribution in [3.8, 4) is 0 Å². The first kappa shape index (κ1) is 15.3. The van der Waals surface area contributed by atoms with Crippen LogP contribution in [-0.4, -0.2) is 27.2 Å². The Balaban J connectivity index is 2.50. The van der Waals surface area contributed by atoms with Gasteiger partial charge in [-0.15, -0.1) is 0 Å². The van der Waals surface area contributed by atoms with E-state index in [-0.39, 0.29) is 5.69 Å². The molecule has 1 unspecified atom stereocenters. The highest BCUT2D eigenvalue weighted by molar-refractivity contribution is 9.10. The van der Waals surface area contributed by atoms with Gasteiger partial charge in [0, 0.05) is 41.5 Å². The third kappa shape index (κ3) is 4.83. The molecule has 0 spiro atoms. The van der Waals surface area contributed by atoms with Crippen LogP contribution in [0, 0.1) is 10.1 Å². The van der Waals surface area contributed by atoms with Gasteiger partial charge in [-0.05, 0) is 27.6 Å². The van der Waals surface area contributed by atoms with Crippen LogP contribution < -0.4 is 5.32 Å². The van der Waals surface area contributed by atoms with Gasteiger partial charge in [-0.25, -0.2) is 0 Å². The van der Waals surface area contributed by atoms with E-state index in [1.807, 2.05) is 13.0 Å². The van der Waals surface area contributed by atoms with Gasteiger partial charge in [0.05, 0.1) is 9.40 Å².